The minimum Gasteiger partial charge on any atom is -0.260 e. The number of rotatable bonds is 2. The number of halogens is 4. The largest absolute Gasteiger partial charge is 0.418 e. The highest BCUT2D eigenvalue weighted by atomic mass is 79.9. The molecule has 0 unspecified atom stereocenters. The number of aromatic nitrogens is 1. The van der Waals surface area contributed by atoms with Crippen LogP contribution in [0.3, 0.4) is 0 Å². The zero-order chi connectivity index (χ0) is 13.2. The van der Waals surface area contributed by atoms with Crippen LogP contribution in [-0.4, -0.2) is 4.98 Å². The summed E-state index contributed by atoms with van der Waals surface area (Å²) in [5, 5.41) is 0.422. The molecule has 0 spiro atoms. The van der Waals surface area contributed by atoms with Crippen molar-refractivity contribution in [2.24, 2.45) is 0 Å². The molecule has 0 N–H and O–H groups in total. The van der Waals surface area contributed by atoms with E-state index < -0.39 is 11.7 Å². The summed E-state index contributed by atoms with van der Waals surface area (Å²) in [6, 6.07) is 9.97. The highest BCUT2D eigenvalue weighted by Crippen LogP contribution is 2.36. The highest BCUT2D eigenvalue weighted by Gasteiger charge is 2.34. The molecule has 0 amide bonds. The van der Waals surface area contributed by atoms with E-state index in [4.69, 9.17) is 0 Å². The van der Waals surface area contributed by atoms with Crippen LogP contribution in [0, 0.1) is 0 Å². The Kier molecular flexibility index (Phi) is 3.71. The van der Waals surface area contributed by atoms with Gasteiger partial charge in [0.2, 0.25) is 0 Å². The SMILES string of the molecule is FC(F)(F)c1cnc(CBr)cc1-c1ccccc1. The van der Waals surface area contributed by atoms with Crippen LogP contribution in [0.25, 0.3) is 11.1 Å². The van der Waals surface area contributed by atoms with Crippen molar-refractivity contribution < 1.29 is 13.2 Å². The number of benzene rings is 1. The van der Waals surface area contributed by atoms with Gasteiger partial charge in [-0.1, -0.05) is 46.3 Å². The van der Waals surface area contributed by atoms with Crippen LogP contribution in [0.5, 0.6) is 0 Å². The van der Waals surface area contributed by atoms with Crippen molar-refractivity contribution in [2.75, 3.05) is 0 Å². The summed E-state index contributed by atoms with van der Waals surface area (Å²) in [5.41, 5.74) is 0.558. The molecule has 1 heterocycles. The molecule has 94 valence electrons. The number of nitrogens with zero attached hydrogens (tertiary/aromatic N) is 1. The van der Waals surface area contributed by atoms with E-state index in [0.717, 1.165) is 6.20 Å². The van der Waals surface area contributed by atoms with Crippen molar-refractivity contribution in [3.05, 3.63) is 53.9 Å². The maximum absolute atomic E-state index is 12.9. The summed E-state index contributed by atoms with van der Waals surface area (Å²) < 4.78 is 38.8. The fourth-order valence-corrected chi connectivity index (χ4v) is 1.96. The summed E-state index contributed by atoms with van der Waals surface area (Å²) in [4.78, 5) is 3.78. The molecule has 1 aromatic carbocycles. The zero-order valence-corrected chi connectivity index (χ0v) is 10.8. The molecule has 2 rings (SSSR count). The van der Waals surface area contributed by atoms with E-state index in [1.807, 2.05) is 0 Å². The Balaban J connectivity index is 2.62. The molecular formula is C13H9BrF3N. The van der Waals surface area contributed by atoms with Crippen LogP contribution >= 0.6 is 15.9 Å². The Hall–Kier alpha value is -1.36. The van der Waals surface area contributed by atoms with Gasteiger partial charge in [0.25, 0.3) is 0 Å². The van der Waals surface area contributed by atoms with Crippen LogP contribution in [0.2, 0.25) is 0 Å². The molecule has 0 aliphatic carbocycles. The first kappa shape index (κ1) is 13.1. The van der Waals surface area contributed by atoms with Crippen LogP contribution < -0.4 is 0 Å². The second kappa shape index (κ2) is 5.10. The van der Waals surface area contributed by atoms with Crippen molar-refractivity contribution in [3.8, 4) is 11.1 Å². The van der Waals surface area contributed by atoms with Gasteiger partial charge in [0, 0.05) is 11.5 Å². The second-order valence-corrected chi connectivity index (χ2v) is 4.28. The second-order valence-electron chi connectivity index (χ2n) is 3.72. The third-order valence-corrected chi connectivity index (χ3v) is 3.06. The minimum atomic E-state index is -4.40. The summed E-state index contributed by atoms with van der Waals surface area (Å²) >= 11 is 3.20. The number of hydrogen-bond acceptors (Lipinski definition) is 1. The van der Waals surface area contributed by atoms with Gasteiger partial charge >= 0.3 is 6.18 Å². The Morgan fingerprint density at radius 2 is 1.78 bits per heavy atom. The lowest BCUT2D eigenvalue weighted by atomic mass is 10.0. The Bertz CT molecular complexity index is 538. The van der Waals surface area contributed by atoms with Crippen molar-refractivity contribution >= 4 is 15.9 Å². The van der Waals surface area contributed by atoms with Crippen molar-refractivity contribution in [2.45, 2.75) is 11.5 Å². The standard InChI is InChI=1S/C13H9BrF3N/c14-7-10-6-11(9-4-2-1-3-5-9)12(8-18-10)13(15,16)17/h1-6,8H,7H2. The molecular weight excluding hydrogens is 307 g/mol. The molecule has 0 atom stereocenters. The van der Waals surface area contributed by atoms with E-state index in [-0.39, 0.29) is 5.56 Å². The normalized spacial score (nSPS) is 11.6. The monoisotopic (exact) mass is 315 g/mol. The predicted octanol–water partition coefficient (Wildman–Crippen LogP) is 4.66. The molecule has 0 radical (unpaired) electrons. The molecule has 5 heteroatoms. The molecule has 0 saturated carbocycles. The van der Waals surface area contributed by atoms with Gasteiger partial charge in [-0.25, -0.2) is 0 Å². The predicted molar refractivity (Wildman–Crippen MR) is 67.3 cm³/mol. The topological polar surface area (TPSA) is 12.9 Å². The molecule has 0 saturated heterocycles. The Labute approximate surface area is 111 Å². The summed E-state index contributed by atoms with van der Waals surface area (Å²) in [6.07, 6.45) is -3.51. The molecule has 0 aliphatic rings. The zero-order valence-electron chi connectivity index (χ0n) is 9.21. The Morgan fingerprint density at radius 1 is 1.11 bits per heavy atom. The average molecular weight is 316 g/mol. The first-order valence-corrected chi connectivity index (χ1v) is 6.32. The van der Waals surface area contributed by atoms with E-state index in [1.165, 1.54) is 6.07 Å². The smallest absolute Gasteiger partial charge is 0.260 e. The van der Waals surface area contributed by atoms with E-state index in [0.29, 0.717) is 16.6 Å². The van der Waals surface area contributed by atoms with Gasteiger partial charge in [-0.2, -0.15) is 13.2 Å². The molecule has 0 bridgehead atoms. The number of hydrogen-bond donors (Lipinski definition) is 0. The van der Waals surface area contributed by atoms with Crippen LogP contribution in [0.15, 0.2) is 42.6 Å². The molecule has 0 fully saturated rings. The molecule has 18 heavy (non-hydrogen) atoms. The van der Waals surface area contributed by atoms with E-state index in [2.05, 4.69) is 20.9 Å². The highest BCUT2D eigenvalue weighted by molar-refractivity contribution is 9.08. The first-order chi connectivity index (χ1) is 8.52. The van der Waals surface area contributed by atoms with E-state index >= 15 is 0 Å². The maximum atomic E-state index is 12.9. The quantitative estimate of drug-likeness (QED) is 0.734. The van der Waals surface area contributed by atoms with Crippen LogP contribution in [0.1, 0.15) is 11.3 Å². The van der Waals surface area contributed by atoms with Gasteiger partial charge in [0.1, 0.15) is 0 Å². The summed E-state index contributed by atoms with van der Waals surface area (Å²) in [5.74, 6) is 0. The first-order valence-electron chi connectivity index (χ1n) is 5.20. The number of pyridine rings is 1. The number of alkyl halides is 4. The third-order valence-electron chi connectivity index (χ3n) is 2.49. The van der Waals surface area contributed by atoms with Gasteiger partial charge in [-0.15, -0.1) is 0 Å². The lowest BCUT2D eigenvalue weighted by molar-refractivity contribution is -0.137. The summed E-state index contributed by atoms with van der Waals surface area (Å²) in [7, 11) is 0. The molecule has 1 nitrogen and oxygen atoms in total. The fraction of sp³-hybridized carbons (Fsp3) is 0.154. The van der Waals surface area contributed by atoms with Crippen molar-refractivity contribution in [3.63, 3.8) is 0 Å². The van der Waals surface area contributed by atoms with E-state index in [9.17, 15) is 13.2 Å². The van der Waals surface area contributed by atoms with Gasteiger partial charge < -0.3 is 0 Å². The van der Waals surface area contributed by atoms with Crippen LogP contribution in [0.4, 0.5) is 13.2 Å². The molecule has 0 aliphatic heterocycles. The van der Waals surface area contributed by atoms with E-state index in [1.54, 1.807) is 30.3 Å². The lowest BCUT2D eigenvalue weighted by Gasteiger charge is -2.13. The summed E-state index contributed by atoms with van der Waals surface area (Å²) in [6.45, 7) is 0. The fourth-order valence-electron chi connectivity index (χ4n) is 1.65. The van der Waals surface area contributed by atoms with Gasteiger partial charge in [-0.3, -0.25) is 4.98 Å². The van der Waals surface area contributed by atoms with Crippen LogP contribution in [-0.2, 0) is 11.5 Å². The third kappa shape index (κ3) is 2.72. The van der Waals surface area contributed by atoms with Gasteiger partial charge in [-0.05, 0) is 17.2 Å². The molecule has 1 aromatic heterocycles. The van der Waals surface area contributed by atoms with Crippen molar-refractivity contribution in [1.29, 1.82) is 0 Å². The minimum absolute atomic E-state index is 0.160. The average Bonchev–Trinajstić information content (AvgIpc) is 2.38. The van der Waals surface area contributed by atoms with Gasteiger partial charge in [0.15, 0.2) is 0 Å². The Morgan fingerprint density at radius 3 is 2.33 bits per heavy atom. The maximum Gasteiger partial charge on any atom is 0.418 e. The van der Waals surface area contributed by atoms with Crippen molar-refractivity contribution in [1.82, 2.24) is 4.98 Å². The van der Waals surface area contributed by atoms with Gasteiger partial charge in [0.05, 0.1) is 11.3 Å². The molecule has 2 aromatic rings. The lowest BCUT2D eigenvalue weighted by Crippen LogP contribution is -2.08.